The quantitative estimate of drug-likeness (QED) is 0.712. The van der Waals surface area contributed by atoms with E-state index in [4.69, 9.17) is 0 Å². The van der Waals surface area contributed by atoms with Gasteiger partial charge in [-0.2, -0.15) is 0 Å². The maximum absolute atomic E-state index is 9.91. The summed E-state index contributed by atoms with van der Waals surface area (Å²) in [6, 6.07) is 0. The van der Waals surface area contributed by atoms with Crippen molar-refractivity contribution < 1.29 is 10.2 Å². The Morgan fingerprint density at radius 1 is 1.17 bits per heavy atom. The second-order valence-electron chi connectivity index (χ2n) is 8.29. The van der Waals surface area contributed by atoms with E-state index in [9.17, 15) is 10.2 Å². The first-order valence-electron chi connectivity index (χ1n) is 9.38. The normalized spacial score (nSPS) is 40.6. The first kappa shape index (κ1) is 17.0. The molecular formula is C21H32O2. The van der Waals surface area contributed by atoms with Crippen molar-refractivity contribution >= 4 is 0 Å². The lowest BCUT2D eigenvalue weighted by Crippen LogP contribution is -2.33. The maximum Gasteiger partial charge on any atom is 0.166 e. The molecule has 0 aliphatic heterocycles. The van der Waals surface area contributed by atoms with Gasteiger partial charge in [-0.1, -0.05) is 50.1 Å². The lowest BCUT2D eigenvalue weighted by Gasteiger charge is -2.42. The van der Waals surface area contributed by atoms with Crippen molar-refractivity contribution in [2.45, 2.75) is 77.4 Å². The summed E-state index contributed by atoms with van der Waals surface area (Å²) in [5, 5.41) is 19.8. The van der Waals surface area contributed by atoms with E-state index < -0.39 is 5.79 Å². The van der Waals surface area contributed by atoms with Crippen LogP contribution in [0.1, 0.15) is 71.6 Å². The zero-order chi connectivity index (χ0) is 16.7. The topological polar surface area (TPSA) is 40.5 Å². The summed E-state index contributed by atoms with van der Waals surface area (Å²) in [5.74, 6) is 0.0479. The third-order valence-corrected chi connectivity index (χ3v) is 6.91. The molecule has 0 radical (unpaired) electrons. The van der Waals surface area contributed by atoms with Crippen LogP contribution in [0.25, 0.3) is 0 Å². The molecule has 0 saturated heterocycles. The van der Waals surface area contributed by atoms with Gasteiger partial charge in [-0.15, -0.1) is 0 Å². The summed E-state index contributed by atoms with van der Waals surface area (Å²) in [7, 11) is 0. The molecule has 3 fully saturated rings. The first-order chi connectivity index (χ1) is 10.9. The zero-order valence-corrected chi connectivity index (χ0v) is 14.8. The summed E-state index contributed by atoms with van der Waals surface area (Å²) in [4.78, 5) is 0. The van der Waals surface area contributed by atoms with Gasteiger partial charge in [0.2, 0.25) is 0 Å². The zero-order valence-electron chi connectivity index (χ0n) is 14.8. The Morgan fingerprint density at radius 3 is 2.70 bits per heavy atom. The third kappa shape index (κ3) is 3.21. The predicted octanol–water partition coefficient (Wildman–Crippen LogP) is 4.89. The van der Waals surface area contributed by atoms with E-state index in [1.165, 1.54) is 38.5 Å². The molecule has 0 aromatic heterocycles. The minimum atomic E-state index is -1.55. The molecule has 0 unspecified atom stereocenters. The molecule has 0 bridgehead atoms. The van der Waals surface area contributed by atoms with Gasteiger partial charge in [-0.25, -0.2) is 0 Å². The lowest BCUT2D eigenvalue weighted by molar-refractivity contribution is -0.166. The van der Waals surface area contributed by atoms with E-state index in [0.29, 0.717) is 24.7 Å². The van der Waals surface area contributed by atoms with Crippen LogP contribution in [0.2, 0.25) is 0 Å². The number of hydrogen-bond donors (Lipinski definition) is 2. The molecule has 2 nitrogen and oxygen atoms in total. The van der Waals surface area contributed by atoms with E-state index in [-0.39, 0.29) is 0 Å². The first-order valence-corrected chi connectivity index (χ1v) is 9.38. The molecule has 3 aliphatic carbocycles. The highest BCUT2D eigenvalue weighted by Crippen LogP contribution is 2.58. The second kappa shape index (κ2) is 6.22. The number of rotatable bonds is 2. The van der Waals surface area contributed by atoms with E-state index in [1.807, 2.05) is 0 Å². The molecule has 0 heterocycles. The molecule has 0 spiro atoms. The SMILES string of the molecule is C=C1CCC(O)(O)CC1=CC=C1CCC[C@]2(C)[C@@H](CC)CC[C@@H]12. The van der Waals surface area contributed by atoms with Crippen LogP contribution in [0.15, 0.2) is 35.5 Å². The van der Waals surface area contributed by atoms with Gasteiger partial charge >= 0.3 is 0 Å². The Bertz CT molecular complexity index is 540. The summed E-state index contributed by atoms with van der Waals surface area (Å²) in [5.41, 5.74) is 4.16. The Labute approximate surface area is 141 Å². The highest BCUT2D eigenvalue weighted by molar-refractivity contribution is 5.36. The van der Waals surface area contributed by atoms with Gasteiger partial charge in [0.05, 0.1) is 0 Å². The Morgan fingerprint density at radius 2 is 1.96 bits per heavy atom. The van der Waals surface area contributed by atoms with Crippen molar-refractivity contribution in [1.82, 2.24) is 0 Å². The molecule has 2 heteroatoms. The van der Waals surface area contributed by atoms with Crippen molar-refractivity contribution in [3.63, 3.8) is 0 Å². The average Bonchev–Trinajstić information content (AvgIpc) is 2.85. The molecule has 2 N–H and O–H groups in total. The fourth-order valence-corrected chi connectivity index (χ4v) is 5.43. The third-order valence-electron chi connectivity index (χ3n) is 6.91. The van der Waals surface area contributed by atoms with Gasteiger partial charge in [-0.05, 0) is 61.3 Å². The highest BCUT2D eigenvalue weighted by Gasteiger charge is 2.48. The smallest absolute Gasteiger partial charge is 0.166 e. The minimum Gasteiger partial charge on any atom is -0.365 e. The Hall–Kier alpha value is -0.860. The van der Waals surface area contributed by atoms with Crippen LogP contribution in [0.3, 0.4) is 0 Å². The summed E-state index contributed by atoms with van der Waals surface area (Å²) in [6.45, 7) is 8.96. The molecule has 128 valence electrons. The molecule has 23 heavy (non-hydrogen) atoms. The summed E-state index contributed by atoms with van der Waals surface area (Å²) < 4.78 is 0. The van der Waals surface area contributed by atoms with E-state index in [0.717, 1.165) is 23.0 Å². The highest BCUT2D eigenvalue weighted by atomic mass is 16.5. The molecular weight excluding hydrogens is 284 g/mol. The molecule has 3 aliphatic rings. The van der Waals surface area contributed by atoms with Gasteiger partial charge in [0, 0.05) is 12.8 Å². The van der Waals surface area contributed by atoms with Gasteiger partial charge in [-0.3, -0.25) is 0 Å². The Balaban J connectivity index is 1.82. The molecule has 3 rings (SSSR count). The summed E-state index contributed by atoms with van der Waals surface area (Å²) in [6.07, 6.45) is 13.7. The maximum atomic E-state index is 9.91. The summed E-state index contributed by atoms with van der Waals surface area (Å²) >= 11 is 0. The number of aliphatic hydroxyl groups is 2. The monoisotopic (exact) mass is 316 g/mol. The van der Waals surface area contributed by atoms with Gasteiger partial charge in [0.1, 0.15) is 0 Å². The van der Waals surface area contributed by atoms with Crippen LogP contribution < -0.4 is 0 Å². The van der Waals surface area contributed by atoms with Gasteiger partial charge in [0.25, 0.3) is 0 Å². The molecule has 0 aromatic carbocycles. The van der Waals surface area contributed by atoms with Crippen LogP contribution in [0, 0.1) is 17.3 Å². The van der Waals surface area contributed by atoms with E-state index >= 15 is 0 Å². The van der Waals surface area contributed by atoms with Crippen molar-refractivity contribution in [2.24, 2.45) is 17.3 Å². The van der Waals surface area contributed by atoms with Crippen LogP contribution in [0.4, 0.5) is 0 Å². The van der Waals surface area contributed by atoms with Crippen LogP contribution >= 0.6 is 0 Å². The number of hydrogen-bond acceptors (Lipinski definition) is 2. The molecule has 3 atom stereocenters. The van der Waals surface area contributed by atoms with Crippen LogP contribution in [-0.2, 0) is 0 Å². The standard InChI is InChI=1S/C21H32O2/c1-4-18-9-10-19-16(6-5-12-20(18,19)3)7-8-17-14-21(22,23)13-11-15(17)2/h7-8,18-19,22-23H,2,4-6,9-14H2,1,3H3/t18-,19-,20+/m0/s1. The van der Waals surface area contributed by atoms with Crippen molar-refractivity contribution in [2.75, 3.05) is 0 Å². The largest absolute Gasteiger partial charge is 0.365 e. The number of allylic oxidation sites excluding steroid dienone is 4. The van der Waals surface area contributed by atoms with Crippen molar-refractivity contribution in [1.29, 1.82) is 0 Å². The van der Waals surface area contributed by atoms with E-state index in [2.05, 4.69) is 32.6 Å². The average molecular weight is 316 g/mol. The lowest BCUT2D eigenvalue weighted by atomic mass is 9.63. The van der Waals surface area contributed by atoms with Crippen molar-refractivity contribution in [3.05, 3.63) is 35.5 Å². The second-order valence-corrected chi connectivity index (χ2v) is 8.29. The molecule has 0 amide bonds. The van der Waals surface area contributed by atoms with Crippen LogP contribution in [0.5, 0.6) is 0 Å². The van der Waals surface area contributed by atoms with Gasteiger partial charge in [0.15, 0.2) is 5.79 Å². The Kier molecular flexibility index (Phi) is 4.59. The predicted molar refractivity (Wildman–Crippen MR) is 94.8 cm³/mol. The van der Waals surface area contributed by atoms with Crippen LogP contribution in [-0.4, -0.2) is 16.0 Å². The minimum absolute atomic E-state index is 0.315. The van der Waals surface area contributed by atoms with Crippen molar-refractivity contribution in [3.8, 4) is 0 Å². The number of fused-ring (bicyclic) bond motifs is 1. The fourth-order valence-electron chi connectivity index (χ4n) is 5.43. The fraction of sp³-hybridized carbons (Fsp3) is 0.714. The van der Waals surface area contributed by atoms with E-state index in [1.54, 1.807) is 5.57 Å². The molecule has 0 aromatic rings. The molecule has 3 saturated carbocycles. The van der Waals surface area contributed by atoms with Gasteiger partial charge < -0.3 is 10.2 Å².